The molecule has 7 nitrogen and oxygen atoms in total. The lowest BCUT2D eigenvalue weighted by molar-refractivity contribution is -0.138. The molecule has 0 unspecified atom stereocenters. The molecule has 40 heavy (non-hydrogen) atoms. The molecule has 1 saturated carbocycles. The normalized spacial score (nSPS) is 33.2. The van der Waals surface area contributed by atoms with Gasteiger partial charge in [-0.1, -0.05) is 56.8 Å². The van der Waals surface area contributed by atoms with E-state index in [4.69, 9.17) is 46.4 Å². The summed E-state index contributed by atoms with van der Waals surface area (Å²) >= 11 is 30.1. The lowest BCUT2D eigenvalue weighted by Crippen LogP contribution is -2.60. The summed E-state index contributed by atoms with van der Waals surface area (Å²) in [4.78, 5) is 53.2. The molecule has 2 aromatic carbocycles. The minimum atomic E-state index is -2.02. The maximum atomic E-state index is 14.0. The molecular weight excluding hydrogens is 666 g/mol. The quantitative estimate of drug-likeness (QED) is 0.187. The molecule has 2 aromatic rings. The van der Waals surface area contributed by atoms with Crippen LogP contribution in [-0.4, -0.2) is 48.8 Å². The topological polar surface area (TPSA) is 95.0 Å². The van der Waals surface area contributed by atoms with E-state index in [0.29, 0.717) is 16.3 Å². The number of amides is 4. The predicted octanol–water partition coefficient (Wildman–Crippen LogP) is 5.92. The minimum Gasteiger partial charge on any atom is -0.508 e. The fourth-order valence-corrected chi connectivity index (χ4v) is 8.60. The number of halogens is 5. The lowest BCUT2D eigenvalue weighted by Gasteiger charge is -2.50. The number of allylic oxidation sites excluding steroid dienone is 2. The zero-order valence-electron chi connectivity index (χ0n) is 20.8. The highest BCUT2D eigenvalue weighted by Crippen LogP contribution is 2.66. The van der Waals surface area contributed by atoms with E-state index >= 15 is 0 Å². The van der Waals surface area contributed by atoms with Gasteiger partial charge in [0.15, 0.2) is 9.75 Å². The molecule has 3 fully saturated rings. The average Bonchev–Trinajstić information content (AvgIpc) is 3.25. The Labute approximate surface area is 258 Å². The van der Waals surface area contributed by atoms with Gasteiger partial charge in [0, 0.05) is 21.5 Å². The number of aryl methyl sites for hydroxylation is 1. The first-order valence-electron chi connectivity index (χ1n) is 12.5. The number of aromatic hydroxyl groups is 1. The first kappa shape index (κ1) is 28.0. The van der Waals surface area contributed by atoms with Gasteiger partial charge in [-0.2, -0.15) is 0 Å². The number of carbonyl (C=O) groups excluding carboxylic acids is 4. The summed E-state index contributed by atoms with van der Waals surface area (Å²) in [7, 11) is 0. The summed E-state index contributed by atoms with van der Waals surface area (Å²) in [6, 6.07) is 9.31. The summed E-state index contributed by atoms with van der Waals surface area (Å²) < 4.78 is 0. The van der Waals surface area contributed by atoms with E-state index in [1.807, 2.05) is 6.92 Å². The molecule has 2 heterocycles. The van der Waals surface area contributed by atoms with Gasteiger partial charge in [-0.15, -0.1) is 23.2 Å². The number of phenols is 1. The summed E-state index contributed by atoms with van der Waals surface area (Å²) in [5, 5.41) is 11.6. The zero-order chi connectivity index (χ0) is 28.9. The average molecular weight is 687 g/mol. The van der Waals surface area contributed by atoms with Gasteiger partial charge in [-0.3, -0.25) is 24.1 Å². The third-order valence-corrected chi connectivity index (χ3v) is 11.3. The fourth-order valence-electron chi connectivity index (χ4n) is 6.83. The van der Waals surface area contributed by atoms with Crippen LogP contribution < -0.4 is 4.90 Å². The number of rotatable bonds is 3. The molecule has 2 aliphatic heterocycles. The van der Waals surface area contributed by atoms with Crippen molar-refractivity contribution in [3.05, 3.63) is 69.2 Å². The van der Waals surface area contributed by atoms with Crippen molar-refractivity contribution in [2.45, 2.75) is 35.4 Å². The summed E-state index contributed by atoms with van der Waals surface area (Å²) in [6.45, 7) is 1.82. The maximum absolute atomic E-state index is 14.0. The molecule has 2 aliphatic carbocycles. The SMILES string of the molecule is Cc1ccc(N2C(=O)[C@H]3[C@H](CC=C4[C@H]3C[C@@]3(Cl)C(=O)N(CBr)C(=O)[C@@]3(Cl)[C@H]4c3cc(Cl)ccc3O)C2=O)cc1Cl. The van der Waals surface area contributed by atoms with Gasteiger partial charge < -0.3 is 5.11 Å². The van der Waals surface area contributed by atoms with E-state index in [0.717, 1.165) is 15.4 Å². The van der Waals surface area contributed by atoms with Crippen LogP contribution in [0, 0.1) is 24.7 Å². The molecule has 12 heteroatoms. The number of hydrogen-bond donors (Lipinski definition) is 1. The minimum absolute atomic E-state index is 0.142. The predicted molar refractivity (Wildman–Crippen MR) is 155 cm³/mol. The largest absolute Gasteiger partial charge is 0.508 e. The van der Waals surface area contributed by atoms with E-state index in [1.165, 1.54) is 18.2 Å². The van der Waals surface area contributed by atoms with E-state index in [2.05, 4.69) is 15.9 Å². The van der Waals surface area contributed by atoms with Crippen molar-refractivity contribution in [3.63, 3.8) is 0 Å². The number of imide groups is 2. The van der Waals surface area contributed by atoms with Crippen LogP contribution >= 0.6 is 62.3 Å². The standard InChI is InChI=1S/C28H21BrCl4N2O5/c1-12-2-4-14(9-19(12)31)35-23(37)16-6-5-15-18(21(16)24(35)38)10-27(32)25(39)34(11-29)26(40)28(27,33)22(15)17-8-13(30)3-7-20(17)36/h2-5,7-9,16,18,21-22,36H,6,10-11H2,1H3/t16-,18+,21-,22+,27+,28-/m0/s1. The van der Waals surface area contributed by atoms with Crippen LogP contribution in [0.5, 0.6) is 5.75 Å². The van der Waals surface area contributed by atoms with E-state index in [1.54, 1.807) is 24.3 Å². The van der Waals surface area contributed by atoms with Crippen molar-refractivity contribution in [2.75, 3.05) is 10.4 Å². The van der Waals surface area contributed by atoms with Crippen molar-refractivity contribution in [1.29, 1.82) is 0 Å². The van der Waals surface area contributed by atoms with Crippen LogP contribution in [0.4, 0.5) is 5.69 Å². The molecule has 0 bridgehead atoms. The smallest absolute Gasteiger partial charge is 0.254 e. The molecule has 1 N–H and O–H groups in total. The molecule has 4 aliphatic rings. The molecule has 4 amide bonds. The van der Waals surface area contributed by atoms with Crippen LogP contribution in [0.3, 0.4) is 0 Å². The Morgan fingerprint density at radius 3 is 2.40 bits per heavy atom. The number of hydrogen-bond acceptors (Lipinski definition) is 5. The summed E-state index contributed by atoms with van der Waals surface area (Å²) in [5.74, 6) is -5.85. The number of carbonyl (C=O) groups is 4. The second kappa shape index (κ2) is 9.46. The number of benzene rings is 2. The molecule has 0 spiro atoms. The van der Waals surface area contributed by atoms with Crippen molar-refractivity contribution in [2.24, 2.45) is 17.8 Å². The molecule has 0 radical (unpaired) electrons. The van der Waals surface area contributed by atoms with Crippen molar-refractivity contribution < 1.29 is 24.3 Å². The van der Waals surface area contributed by atoms with Gasteiger partial charge in [0.1, 0.15) is 5.75 Å². The fraction of sp³-hybridized carbons (Fsp3) is 0.357. The second-order valence-corrected chi connectivity index (χ2v) is 13.2. The van der Waals surface area contributed by atoms with Gasteiger partial charge in [0.2, 0.25) is 11.8 Å². The Bertz CT molecular complexity index is 1570. The second-order valence-electron chi connectivity index (χ2n) is 10.6. The Balaban J connectivity index is 1.53. The van der Waals surface area contributed by atoms with Gasteiger partial charge in [-0.25, -0.2) is 4.90 Å². The van der Waals surface area contributed by atoms with Crippen LogP contribution in [0.1, 0.15) is 29.9 Å². The Morgan fingerprint density at radius 1 is 1.00 bits per heavy atom. The Morgan fingerprint density at radius 2 is 1.73 bits per heavy atom. The third-order valence-electron chi connectivity index (χ3n) is 8.73. The zero-order valence-corrected chi connectivity index (χ0v) is 25.4. The highest BCUT2D eigenvalue weighted by atomic mass is 79.9. The number of alkyl halides is 3. The number of likely N-dealkylation sites (tertiary alicyclic amines) is 1. The number of fused-ring (bicyclic) bond motifs is 4. The number of phenolic OH excluding ortho intramolecular Hbond substituents is 1. The number of nitrogens with zero attached hydrogens (tertiary/aromatic N) is 2. The first-order valence-corrected chi connectivity index (χ1v) is 15.1. The van der Waals surface area contributed by atoms with Crippen molar-refractivity contribution in [3.8, 4) is 5.75 Å². The molecule has 2 saturated heterocycles. The molecule has 0 aromatic heterocycles. The lowest BCUT2D eigenvalue weighted by atomic mass is 9.56. The first-order chi connectivity index (χ1) is 18.9. The Kier molecular flexibility index (Phi) is 6.63. The van der Waals surface area contributed by atoms with E-state index in [-0.39, 0.29) is 40.5 Å². The molecule has 208 valence electrons. The molecular formula is C28H21BrCl4N2O5. The van der Waals surface area contributed by atoms with Crippen LogP contribution in [0.15, 0.2) is 48.0 Å². The van der Waals surface area contributed by atoms with Gasteiger partial charge >= 0.3 is 0 Å². The molecule has 6 rings (SSSR count). The number of anilines is 1. The van der Waals surface area contributed by atoms with Crippen molar-refractivity contribution >= 4 is 91.6 Å². The van der Waals surface area contributed by atoms with Crippen LogP contribution in [0.2, 0.25) is 10.0 Å². The van der Waals surface area contributed by atoms with Gasteiger partial charge in [0.25, 0.3) is 11.8 Å². The van der Waals surface area contributed by atoms with E-state index < -0.39 is 51.1 Å². The van der Waals surface area contributed by atoms with Gasteiger partial charge in [0.05, 0.1) is 23.0 Å². The summed E-state index contributed by atoms with van der Waals surface area (Å²) in [5.41, 5.74) is 1.78. The summed E-state index contributed by atoms with van der Waals surface area (Å²) in [6.07, 6.45) is 1.84. The third kappa shape index (κ3) is 3.56. The highest BCUT2D eigenvalue weighted by molar-refractivity contribution is 9.09. The van der Waals surface area contributed by atoms with Crippen LogP contribution in [-0.2, 0) is 19.2 Å². The Hall–Kier alpha value is -2.10. The monoisotopic (exact) mass is 684 g/mol. The molecule has 6 atom stereocenters. The van der Waals surface area contributed by atoms with Gasteiger partial charge in [-0.05, 0) is 61.6 Å². The van der Waals surface area contributed by atoms with Crippen LogP contribution in [0.25, 0.3) is 0 Å². The maximum Gasteiger partial charge on any atom is 0.254 e. The highest BCUT2D eigenvalue weighted by Gasteiger charge is 2.76. The van der Waals surface area contributed by atoms with E-state index in [9.17, 15) is 24.3 Å². The van der Waals surface area contributed by atoms with Crippen molar-refractivity contribution in [1.82, 2.24) is 4.90 Å².